The lowest BCUT2D eigenvalue weighted by Crippen LogP contribution is -2.46. The predicted molar refractivity (Wildman–Crippen MR) is 138 cm³/mol. The summed E-state index contributed by atoms with van der Waals surface area (Å²) < 4.78 is 0. The van der Waals surface area contributed by atoms with Crippen LogP contribution in [-0.4, -0.2) is 41.6 Å². The van der Waals surface area contributed by atoms with E-state index in [1.165, 1.54) is 5.56 Å². The molecule has 3 aromatic rings. The van der Waals surface area contributed by atoms with Gasteiger partial charge in [0.25, 0.3) is 5.91 Å². The summed E-state index contributed by atoms with van der Waals surface area (Å²) >= 11 is 1.64. The monoisotopic (exact) mass is 487 g/mol. The summed E-state index contributed by atoms with van der Waals surface area (Å²) in [6, 6.07) is 22.5. The molecule has 180 valence electrons. The quantitative estimate of drug-likeness (QED) is 0.282. The number of amides is 4. The minimum atomic E-state index is -1.38. The van der Waals surface area contributed by atoms with Crippen molar-refractivity contribution in [2.45, 2.75) is 31.2 Å². The second-order valence-corrected chi connectivity index (χ2v) is 9.92. The van der Waals surface area contributed by atoms with Crippen LogP contribution in [0.1, 0.15) is 27.8 Å². The van der Waals surface area contributed by atoms with Gasteiger partial charge in [0.05, 0.1) is 0 Å². The number of urea groups is 1. The molecule has 0 radical (unpaired) electrons. The molecule has 7 heteroatoms. The zero-order valence-electron chi connectivity index (χ0n) is 20.1. The molecular weight excluding hydrogens is 458 g/mol. The highest BCUT2D eigenvalue weighted by Gasteiger charge is 2.54. The van der Waals surface area contributed by atoms with E-state index in [0.29, 0.717) is 23.4 Å². The summed E-state index contributed by atoms with van der Waals surface area (Å²) in [5.74, 6) is -0.144. The molecule has 1 aliphatic rings. The summed E-state index contributed by atoms with van der Waals surface area (Å²) in [5, 5.41) is 5.72. The van der Waals surface area contributed by atoms with Gasteiger partial charge in [0.15, 0.2) is 5.54 Å². The molecular formula is C28H29N3O3S. The van der Waals surface area contributed by atoms with Crippen molar-refractivity contribution in [2.75, 3.05) is 18.8 Å². The fraction of sp³-hybridized carbons (Fsp3) is 0.250. The molecule has 0 bridgehead atoms. The molecule has 1 aliphatic heterocycles. The van der Waals surface area contributed by atoms with Crippen molar-refractivity contribution in [3.05, 3.63) is 101 Å². The van der Waals surface area contributed by atoms with Gasteiger partial charge in [-0.1, -0.05) is 66.2 Å². The van der Waals surface area contributed by atoms with Gasteiger partial charge >= 0.3 is 6.03 Å². The molecule has 3 aromatic carbocycles. The maximum Gasteiger partial charge on any atom is 0.326 e. The highest BCUT2D eigenvalue weighted by Crippen LogP contribution is 2.36. The Morgan fingerprint density at radius 2 is 1.63 bits per heavy atom. The minimum Gasteiger partial charge on any atom is -0.354 e. The number of hydrogen-bond donors (Lipinski definition) is 2. The first-order valence-electron chi connectivity index (χ1n) is 11.5. The van der Waals surface area contributed by atoms with Gasteiger partial charge in [-0.3, -0.25) is 14.5 Å². The van der Waals surface area contributed by atoms with Gasteiger partial charge in [-0.2, -0.15) is 0 Å². The van der Waals surface area contributed by atoms with E-state index in [9.17, 15) is 14.4 Å². The molecule has 1 saturated heterocycles. The van der Waals surface area contributed by atoms with Gasteiger partial charge in [-0.25, -0.2) is 4.79 Å². The Balaban J connectivity index is 1.48. The molecule has 0 aliphatic carbocycles. The molecule has 4 rings (SSSR count). The van der Waals surface area contributed by atoms with Gasteiger partial charge in [-0.15, -0.1) is 11.8 Å². The molecule has 1 heterocycles. The molecule has 4 amide bonds. The fourth-order valence-electron chi connectivity index (χ4n) is 4.13. The second kappa shape index (κ2) is 10.4. The Labute approximate surface area is 210 Å². The summed E-state index contributed by atoms with van der Waals surface area (Å²) in [5.41, 5.74) is 3.25. The van der Waals surface area contributed by atoms with Crippen LogP contribution in [0.4, 0.5) is 4.79 Å². The number of rotatable bonds is 8. The van der Waals surface area contributed by atoms with Crippen LogP contribution < -0.4 is 10.6 Å². The molecule has 1 fully saturated rings. The van der Waals surface area contributed by atoms with Crippen LogP contribution in [0.25, 0.3) is 0 Å². The predicted octanol–water partition coefficient (Wildman–Crippen LogP) is 4.32. The Bertz CT molecular complexity index is 1240. The van der Waals surface area contributed by atoms with E-state index in [-0.39, 0.29) is 12.5 Å². The SMILES string of the molecule is Cc1ccc(SCCNC(=O)CN2C(=O)N[C@@](c3ccccc3)(c3ccc(C)c(C)c3)C2=O)cc1. The Morgan fingerprint density at radius 1 is 0.914 bits per heavy atom. The van der Waals surface area contributed by atoms with E-state index in [1.807, 2.05) is 93.6 Å². The second-order valence-electron chi connectivity index (χ2n) is 8.75. The standard InChI is InChI=1S/C28H29N3O3S/c1-19-9-13-24(14-10-19)35-16-15-29-25(32)18-31-26(33)28(30-27(31)34,22-7-5-4-6-8-22)23-12-11-20(2)21(3)17-23/h4-14,17H,15-16,18H2,1-3H3,(H,29,32)(H,30,34)/t28-/m0/s1. The zero-order valence-corrected chi connectivity index (χ0v) is 20.9. The first kappa shape index (κ1) is 24.5. The van der Waals surface area contributed by atoms with E-state index in [0.717, 1.165) is 20.9 Å². The van der Waals surface area contributed by atoms with Crippen LogP contribution >= 0.6 is 11.8 Å². The first-order chi connectivity index (χ1) is 16.8. The number of carbonyl (C=O) groups is 3. The number of benzene rings is 3. The molecule has 0 saturated carbocycles. The van der Waals surface area contributed by atoms with E-state index < -0.39 is 17.5 Å². The lowest BCUT2D eigenvalue weighted by Gasteiger charge is -2.28. The third kappa shape index (κ3) is 5.10. The maximum atomic E-state index is 13.8. The maximum absolute atomic E-state index is 13.8. The van der Waals surface area contributed by atoms with Gasteiger partial charge < -0.3 is 10.6 Å². The molecule has 1 atom stereocenters. The normalized spacial score (nSPS) is 17.4. The number of thioether (sulfide) groups is 1. The Hall–Kier alpha value is -3.58. The average molecular weight is 488 g/mol. The van der Waals surface area contributed by atoms with Crippen molar-refractivity contribution in [3.63, 3.8) is 0 Å². The molecule has 35 heavy (non-hydrogen) atoms. The van der Waals surface area contributed by atoms with Crippen LogP contribution in [0.5, 0.6) is 0 Å². The van der Waals surface area contributed by atoms with E-state index in [1.54, 1.807) is 11.8 Å². The number of nitrogens with one attached hydrogen (secondary N) is 2. The summed E-state index contributed by atoms with van der Waals surface area (Å²) in [6.07, 6.45) is 0. The smallest absolute Gasteiger partial charge is 0.326 e. The van der Waals surface area contributed by atoms with Crippen molar-refractivity contribution in [1.29, 1.82) is 0 Å². The summed E-state index contributed by atoms with van der Waals surface area (Å²) in [6.45, 7) is 6.11. The van der Waals surface area contributed by atoms with Crippen molar-refractivity contribution in [2.24, 2.45) is 0 Å². The average Bonchev–Trinajstić information content (AvgIpc) is 3.11. The van der Waals surface area contributed by atoms with Crippen LogP contribution in [0.3, 0.4) is 0 Å². The third-order valence-corrected chi connectivity index (χ3v) is 7.28. The number of imide groups is 1. The first-order valence-corrected chi connectivity index (χ1v) is 12.5. The van der Waals surface area contributed by atoms with Crippen molar-refractivity contribution in [1.82, 2.24) is 15.5 Å². The van der Waals surface area contributed by atoms with Crippen LogP contribution in [0.15, 0.2) is 77.7 Å². The van der Waals surface area contributed by atoms with E-state index >= 15 is 0 Å². The molecule has 2 N–H and O–H groups in total. The Kier molecular flexibility index (Phi) is 7.26. The largest absolute Gasteiger partial charge is 0.354 e. The number of hydrogen-bond acceptors (Lipinski definition) is 4. The highest BCUT2D eigenvalue weighted by molar-refractivity contribution is 7.99. The highest BCUT2D eigenvalue weighted by atomic mass is 32.2. The van der Waals surface area contributed by atoms with E-state index in [2.05, 4.69) is 10.6 Å². The lowest BCUT2D eigenvalue weighted by atomic mass is 9.81. The number of nitrogens with zero attached hydrogens (tertiary/aromatic N) is 1. The van der Waals surface area contributed by atoms with Crippen molar-refractivity contribution >= 4 is 29.6 Å². The molecule has 0 unspecified atom stereocenters. The topological polar surface area (TPSA) is 78.5 Å². The summed E-state index contributed by atoms with van der Waals surface area (Å²) in [7, 11) is 0. The summed E-state index contributed by atoms with van der Waals surface area (Å²) in [4.78, 5) is 41.5. The van der Waals surface area contributed by atoms with Gasteiger partial charge in [0.2, 0.25) is 5.91 Å². The molecule has 6 nitrogen and oxygen atoms in total. The van der Waals surface area contributed by atoms with Crippen LogP contribution in [-0.2, 0) is 15.1 Å². The molecule has 0 spiro atoms. The minimum absolute atomic E-state index is 0.334. The fourth-order valence-corrected chi connectivity index (χ4v) is 4.90. The van der Waals surface area contributed by atoms with Gasteiger partial charge in [0, 0.05) is 17.2 Å². The zero-order chi connectivity index (χ0) is 25.0. The van der Waals surface area contributed by atoms with Crippen molar-refractivity contribution < 1.29 is 14.4 Å². The number of carbonyl (C=O) groups excluding carboxylic acids is 3. The van der Waals surface area contributed by atoms with Gasteiger partial charge in [0.1, 0.15) is 6.54 Å². The van der Waals surface area contributed by atoms with Gasteiger partial charge in [-0.05, 0) is 55.2 Å². The third-order valence-electron chi connectivity index (χ3n) is 6.27. The van der Waals surface area contributed by atoms with Crippen LogP contribution in [0.2, 0.25) is 0 Å². The van der Waals surface area contributed by atoms with E-state index in [4.69, 9.17) is 0 Å². The van der Waals surface area contributed by atoms with Crippen molar-refractivity contribution in [3.8, 4) is 0 Å². The number of aryl methyl sites for hydroxylation is 3. The Morgan fingerprint density at radius 3 is 2.31 bits per heavy atom. The molecule has 0 aromatic heterocycles. The van der Waals surface area contributed by atoms with Crippen LogP contribution in [0, 0.1) is 20.8 Å². The lowest BCUT2D eigenvalue weighted by molar-refractivity contribution is -0.134.